The summed E-state index contributed by atoms with van der Waals surface area (Å²) in [5.74, 6) is -0.165. The number of carbonyl (C=O) groups excluding carboxylic acids is 3. The molecule has 41 heavy (non-hydrogen) atoms. The summed E-state index contributed by atoms with van der Waals surface area (Å²) in [6, 6.07) is 24.5. The van der Waals surface area contributed by atoms with Crippen LogP contribution in [0.4, 0.5) is 5.69 Å². The summed E-state index contributed by atoms with van der Waals surface area (Å²) in [6.07, 6.45) is 3.19. The second-order valence-corrected chi connectivity index (χ2v) is 9.30. The number of ether oxygens (including phenoxy) is 2. The Balaban J connectivity index is 1.31. The summed E-state index contributed by atoms with van der Waals surface area (Å²) in [5.41, 5.74) is 3.07. The lowest BCUT2D eigenvalue weighted by atomic mass is 10.0. The smallest absolute Gasteiger partial charge is 0.238 e. The fraction of sp³-hybridized carbons (Fsp3) is 0.219. The second-order valence-electron chi connectivity index (χ2n) is 9.30. The van der Waals surface area contributed by atoms with Crippen LogP contribution >= 0.6 is 0 Å². The number of nitrogens with one attached hydrogen (secondary N) is 1. The van der Waals surface area contributed by atoms with Crippen molar-refractivity contribution in [2.45, 2.75) is 19.5 Å². The largest absolute Gasteiger partial charge is 0.491 e. The Kier molecular flexibility index (Phi) is 10.8. The predicted molar refractivity (Wildman–Crippen MR) is 155 cm³/mol. The summed E-state index contributed by atoms with van der Waals surface area (Å²) in [7, 11) is 1.59. The fourth-order valence-electron chi connectivity index (χ4n) is 4.08. The minimum Gasteiger partial charge on any atom is -0.491 e. The molecule has 4 rings (SSSR count). The van der Waals surface area contributed by atoms with Gasteiger partial charge in [-0.3, -0.25) is 29.3 Å². The molecule has 4 aromatic rings. The Labute approximate surface area is 239 Å². The molecule has 1 N–H and O–H groups in total. The molecule has 0 radical (unpaired) electrons. The van der Waals surface area contributed by atoms with Crippen LogP contribution in [0.2, 0.25) is 0 Å². The van der Waals surface area contributed by atoms with Gasteiger partial charge in [0.25, 0.3) is 0 Å². The number of rotatable bonds is 15. The average molecular weight is 553 g/mol. The van der Waals surface area contributed by atoms with Crippen LogP contribution in [0.15, 0.2) is 97.3 Å². The van der Waals surface area contributed by atoms with E-state index in [0.717, 1.165) is 11.4 Å². The van der Waals surface area contributed by atoms with Gasteiger partial charge in [0.2, 0.25) is 5.91 Å². The van der Waals surface area contributed by atoms with Gasteiger partial charge >= 0.3 is 0 Å². The van der Waals surface area contributed by atoms with Crippen LogP contribution in [0.3, 0.4) is 0 Å². The SMILES string of the molecule is COCCOc1ccc(C(=O)CC(=O)c2ccc(NC(=O)CN(Cc3ccccn3)Cc3ccccn3)cc2)cc1. The first-order chi connectivity index (χ1) is 20.0. The van der Waals surface area contributed by atoms with Gasteiger partial charge < -0.3 is 14.8 Å². The minimum absolute atomic E-state index is 0.124. The van der Waals surface area contributed by atoms with E-state index in [9.17, 15) is 14.4 Å². The van der Waals surface area contributed by atoms with E-state index in [-0.39, 0.29) is 30.4 Å². The summed E-state index contributed by atoms with van der Waals surface area (Å²) in [5, 5.41) is 2.88. The van der Waals surface area contributed by atoms with E-state index in [0.29, 0.717) is 48.9 Å². The van der Waals surface area contributed by atoms with Gasteiger partial charge in [-0.25, -0.2) is 0 Å². The number of hydrogen-bond acceptors (Lipinski definition) is 8. The molecular formula is C32H32N4O5. The Bertz CT molecular complexity index is 1370. The maximum absolute atomic E-state index is 12.9. The number of ketones is 2. The highest BCUT2D eigenvalue weighted by Gasteiger charge is 2.16. The number of anilines is 1. The van der Waals surface area contributed by atoms with Gasteiger partial charge in [0, 0.05) is 49.4 Å². The number of amides is 1. The molecule has 9 heteroatoms. The molecule has 0 spiro atoms. The van der Waals surface area contributed by atoms with Gasteiger partial charge in [-0.1, -0.05) is 12.1 Å². The molecule has 0 unspecified atom stereocenters. The van der Waals surface area contributed by atoms with Crippen molar-refractivity contribution in [3.63, 3.8) is 0 Å². The van der Waals surface area contributed by atoms with Crippen LogP contribution in [-0.4, -0.2) is 59.2 Å². The zero-order chi connectivity index (χ0) is 28.9. The highest BCUT2D eigenvalue weighted by molar-refractivity contribution is 6.13. The lowest BCUT2D eigenvalue weighted by Gasteiger charge is -2.21. The third-order valence-corrected chi connectivity index (χ3v) is 6.13. The van der Waals surface area contributed by atoms with Crippen molar-refractivity contribution < 1.29 is 23.9 Å². The highest BCUT2D eigenvalue weighted by Crippen LogP contribution is 2.16. The molecule has 2 aromatic heterocycles. The molecule has 2 aromatic carbocycles. The Morgan fingerprint density at radius 3 is 1.80 bits per heavy atom. The first-order valence-electron chi connectivity index (χ1n) is 13.2. The van der Waals surface area contributed by atoms with Crippen LogP contribution in [0.1, 0.15) is 38.5 Å². The molecule has 1 amide bonds. The van der Waals surface area contributed by atoms with E-state index in [1.54, 1.807) is 68.0 Å². The maximum atomic E-state index is 12.9. The molecular weight excluding hydrogens is 520 g/mol. The summed E-state index contributed by atoms with van der Waals surface area (Å²) in [4.78, 5) is 49.0. The molecule has 0 aliphatic heterocycles. The normalized spacial score (nSPS) is 10.8. The van der Waals surface area contributed by atoms with E-state index in [4.69, 9.17) is 9.47 Å². The van der Waals surface area contributed by atoms with Crippen molar-refractivity contribution in [3.05, 3.63) is 120 Å². The fourth-order valence-corrected chi connectivity index (χ4v) is 4.08. The Hall–Kier alpha value is -4.73. The van der Waals surface area contributed by atoms with Gasteiger partial charge in [-0.05, 0) is 72.8 Å². The molecule has 0 aliphatic carbocycles. The molecule has 9 nitrogen and oxygen atoms in total. The van der Waals surface area contributed by atoms with Crippen molar-refractivity contribution in [2.75, 3.05) is 32.2 Å². The lowest BCUT2D eigenvalue weighted by molar-refractivity contribution is -0.117. The molecule has 2 heterocycles. The summed E-state index contributed by atoms with van der Waals surface area (Å²) in [6.45, 7) is 1.96. The average Bonchev–Trinajstić information content (AvgIpc) is 2.99. The molecule has 0 saturated heterocycles. The van der Waals surface area contributed by atoms with Gasteiger partial charge in [-0.15, -0.1) is 0 Å². The van der Waals surface area contributed by atoms with E-state index in [2.05, 4.69) is 15.3 Å². The number of pyridine rings is 2. The van der Waals surface area contributed by atoms with Crippen molar-refractivity contribution in [3.8, 4) is 5.75 Å². The third kappa shape index (κ3) is 9.45. The highest BCUT2D eigenvalue weighted by atomic mass is 16.5. The lowest BCUT2D eigenvalue weighted by Crippen LogP contribution is -2.33. The molecule has 210 valence electrons. The van der Waals surface area contributed by atoms with E-state index in [1.165, 1.54) is 0 Å². The maximum Gasteiger partial charge on any atom is 0.238 e. The van der Waals surface area contributed by atoms with Crippen LogP contribution in [0.5, 0.6) is 5.75 Å². The van der Waals surface area contributed by atoms with Gasteiger partial charge in [0.05, 0.1) is 31.0 Å². The molecule has 0 atom stereocenters. The Morgan fingerprint density at radius 1 is 0.732 bits per heavy atom. The number of nitrogens with zero attached hydrogens (tertiary/aromatic N) is 3. The summed E-state index contributed by atoms with van der Waals surface area (Å²) >= 11 is 0. The standard InChI is InChI=1S/C32H32N4O5/c1-40-18-19-41-29-14-10-25(11-15-29)31(38)20-30(37)24-8-12-26(13-9-24)35-32(39)23-36(21-27-6-2-4-16-33-27)22-28-7-3-5-17-34-28/h2-17H,18-23H2,1H3,(H,35,39). The van der Waals surface area contributed by atoms with Gasteiger partial charge in [0.1, 0.15) is 12.4 Å². The molecule has 0 saturated carbocycles. The van der Waals surface area contributed by atoms with E-state index < -0.39 is 0 Å². The van der Waals surface area contributed by atoms with Crippen LogP contribution in [0.25, 0.3) is 0 Å². The molecule has 0 fully saturated rings. The molecule has 0 aliphatic rings. The van der Waals surface area contributed by atoms with Crippen LogP contribution in [0, 0.1) is 0 Å². The van der Waals surface area contributed by atoms with Crippen molar-refractivity contribution in [1.82, 2.24) is 14.9 Å². The number of aromatic nitrogens is 2. The quantitative estimate of drug-likeness (QED) is 0.129. The topological polar surface area (TPSA) is 111 Å². The minimum atomic E-state index is -0.301. The Morgan fingerprint density at radius 2 is 1.29 bits per heavy atom. The van der Waals surface area contributed by atoms with E-state index >= 15 is 0 Å². The monoisotopic (exact) mass is 552 g/mol. The number of Topliss-reactive ketones (excluding diaryl/α,β-unsaturated/α-hetero) is 2. The van der Waals surface area contributed by atoms with Gasteiger partial charge in [0.15, 0.2) is 11.6 Å². The number of carbonyl (C=O) groups is 3. The summed E-state index contributed by atoms with van der Waals surface area (Å²) < 4.78 is 10.5. The van der Waals surface area contributed by atoms with Crippen LogP contribution in [-0.2, 0) is 22.6 Å². The third-order valence-electron chi connectivity index (χ3n) is 6.13. The molecule has 0 bridgehead atoms. The van der Waals surface area contributed by atoms with Crippen molar-refractivity contribution in [1.29, 1.82) is 0 Å². The van der Waals surface area contributed by atoms with E-state index in [1.807, 2.05) is 41.3 Å². The predicted octanol–water partition coefficient (Wildman–Crippen LogP) is 4.60. The van der Waals surface area contributed by atoms with Gasteiger partial charge in [-0.2, -0.15) is 0 Å². The zero-order valence-electron chi connectivity index (χ0n) is 22.9. The first kappa shape index (κ1) is 29.3. The number of hydrogen-bond donors (Lipinski definition) is 1. The zero-order valence-corrected chi connectivity index (χ0v) is 22.9. The first-order valence-corrected chi connectivity index (χ1v) is 13.2. The van der Waals surface area contributed by atoms with Crippen molar-refractivity contribution >= 4 is 23.2 Å². The second kappa shape index (κ2) is 15.2. The number of methoxy groups -OCH3 is 1. The van der Waals surface area contributed by atoms with Crippen molar-refractivity contribution in [2.24, 2.45) is 0 Å². The number of benzene rings is 2. The van der Waals surface area contributed by atoms with Crippen LogP contribution < -0.4 is 10.1 Å².